The fourth-order valence-corrected chi connectivity index (χ4v) is 5.83. The number of aliphatic hydroxyl groups is 1. The number of alkyl carbamates (subject to hydrolysis) is 2. The molecule has 0 aliphatic rings. The van der Waals surface area contributed by atoms with E-state index in [1.165, 1.54) is 14.2 Å². The molecule has 6 N–H and O–H groups in total. The first-order valence-electron chi connectivity index (χ1n) is 17.3. The van der Waals surface area contributed by atoms with E-state index in [1.807, 2.05) is 87.5 Å². The number of amides is 4. The van der Waals surface area contributed by atoms with Crippen LogP contribution in [0.1, 0.15) is 59.1 Å². The molecule has 0 saturated carbocycles. The van der Waals surface area contributed by atoms with E-state index < -0.39 is 65.1 Å². The Morgan fingerprint density at radius 1 is 0.615 bits per heavy atom. The number of phenols is 1. The summed E-state index contributed by atoms with van der Waals surface area (Å²) in [4.78, 5) is 52.0. The molecule has 0 aromatic heterocycles. The highest BCUT2D eigenvalue weighted by Crippen LogP contribution is 2.25. The number of rotatable bonds is 14. The quantitative estimate of drug-likeness (QED) is 0.133. The van der Waals surface area contributed by atoms with E-state index in [0.717, 1.165) is 22.3 Å². The summed E-state index contributed by atoms with van der Waals surface area (Å²) in [6, 6.07) is 20.6. The van der Waals surface area contributed by atoms with Gasteiger partial charge in [-0.2, -0.15) is 0 Å². The number of methoxy groups -OCH3 is 2. The highest BCUT2D eigenvalue weighted by Gasteiger charge is 2.37. The monoisotopic (exact) mass is 718 g/mol. The summed E-state index contributed by atoms with van der Waals surface area (Å²) in [5, 5.41) is 32.9. The molecule has 0 unspecified atom stereocenters. The Hall–Kier alpha value is -5.10. The third kappa shape index (κ3) is 12.6. The zero-order valence-electron chi connectivity index (χ0n) is 31.4. The molecule has 12 heteroatoms. The summed E-state index contributed by atoms with van der Waals surface area (Å²) in [5.74, 6) is -0.800. The number of hydrogen-bond acceptors (Lipinski definition) is 8. The van der Waals surface area contributed by atoms with E-state index in [0.29, 0.717) is 6.42 Å². The molecule has 4 amide bonds. The predicted octanol–water partition coefficient (Wildman–Crippen LogP) is 5.11. The van der Waals surface area contributed by atoms with Crippen molar-refractivity contribution < 1.29 is 38.9 Å². The molecule has 0 bridgehead atoms. The Kier molecular flexibility index (Phi) is 14.6. The number of benzene rings is 3. The molecular formula is C40H54N4O8. The van der Waals surface area contributed by atoms with Gasteiger partial charge in [-0.15, -0.1) is 0 Å². The molecule has 282 valence electrons. The topological polar surface area (TPSA) is 175 Å². The molecule has 5 atom stereocenters. The van der Waals surface area contributed by atoms with Gasteiger partial charge in [-0.25, -0.2) is 9.59 Å². The summed E-state index contributed by atoms with van der Waals surface area (Å²) in [5.41, 5.74) is 2.17. The molecule has 0 aliphatic heterocycles. The zero-order valence-corrected chi connectivity index (χ0v) is 31.4. The van der Waals surface area contributed by atoms with Gasteiger partial charge in [0.25, 0.3) is 0 Å². The second kappa shape index (κ2) is 18.4. The SMILES string of the molecule is COC(=O)N[C@H](C(=O)N[C@@H](Cc1ccccc1)C[C@H](O)[C@H](Cc1ccc(-c2ccc(O)cc2)cc1)NC(=O)[C@@H](NC(=O)OC)C(C)(C)C)C(C)(C)C. The molecule has 0 radical (unpaired) electrons. The Morgan fingerprint density at radius 3 is 1.52 bits per heavy atom. The zero-order chi connectivity index (χ0) is 38.6. The minimum Gasteiger partial charge on any atom is -0.508 e. The van der Waals surface area contributed by atoms with E-state index in [-0.39, 0.29) is 18.6 Å². The van der Waals surface area contributed by atoms with Gasteiger partial charge < -0.3 is 41.0 Å². The van der Waals surface area contributed by atoms with Crippen LogP contribution < -0.4 is 21.3 Å². The number of aliphatic hydroxyl groups excluding tert-OH is 1. The molecule has 3 rings (SSSR count). The van der Waals surface area contributed by atoms with Crippen LogP contribution in [0.3, 0.4) is 0 Å². The van der Waals surface area contributed by atoms with Crippen molar-refractivity contribution in [1.82, 2.24) is 21.3 Å². The molecule has 0 aliphatic carbocycles. The number of carbonyl (C=O) groups is 4. The molecule has 0 spiro atoms. The van der Waals surface area contributed by atoms with Gasteiger partial charge in [0.05, 0.1) is 26.4 Å². The number of aromatic hydroxyl groups is 1. The molecule has 52 heavy (non-hydrogen) atoms. The van der Waals surface area contributed by atoms with Crippen LogP contribution in [-0.4, -0.2) is 78.7 Å². The van der Waals surface area contributed by atoms with Gasteiger partial charge >= 0.3 is 12.2 Å². The smallest absolute Gasteiger partial charge is 0.407 e. The fourth-order valence-electron chi connectivity index (χ4n) is 5.83. The van der Waals surface area contributed by atoms with Crippen molar-refractivity contribution in [3.05, 3.63) is 90.0 Å². The maximum absolute atomic E-state index is 13.9. The van der Waals surface area contributed by atoms with Crippen LogP contribution >= 0.6 is 0 Å². The number of carbonyl (C=O) groups excluding carboxylic acids is 4. The van der Waals surface area contributed by atoms with Crippen molar-refractivity contribution in [2.45, 2.75) is 91.1 Å². The Morgan fingerprint density at radius 2 is 1.06 bits per heavy atom. The lowest BCUT2D eigenvalue weighted by Crippen LogP contribution is -2.59. The van der Waals surface area contributed by atoms with E-state index in [1.54, 1.807) is 32.9 Å². The van der Waals surface area contributed by atoms with Crippen molar-refractivity contribution in [3.63, 3.8) is 0 Å². The second-order valence-electron chi connectivity index (χ2n) is 15.1. The Bertz CT molecular complexity index is 1620. The average molecular weight is 719 g/mol. The lowest BCUT2D eigenvalue weighted by molar-refractivity contribution is -0.128. The first kappa shape index (κ1) is 41.3. The first-order valence-corrected chi connectivity index (χ1v) is 17.3. The molecule has 0 heterocycles. The summed E-state index contributed by atoms with van der Waals surface area (Å²) in [6.07, 6.45) is -2.07. The molecule has 12 nitrogen and oxygen atoms in total. The van der Waals surface area contributed by atoms with Gasteiger partial charge in [0.2, 0.25) is 11.8 Å². The summed E-state index contributed by atoms with van der Waals surface area (Å²) in [6.45, 7) is 10.9. The molecule has 3 aromatic carbocycles. The molecule has 0 saturated heterocycles. The maximum atomic E-state index is 13.9. The minimum absolute atomic E-state index is 0.0386. The van der Waals surface area contributed by atoms with Crippen molar-refractivity contribution in [2.75, 3.05) is 14.2 Å². The van der Waals surface area contributed by atoms with Gasteiger partial charge in [0.1, 0.15) is 17.8 Å². The minimum atomic E-state index is -1.17. The first-order chi connectivity index (χ1) is 24.4. The van der Waals surface area contributed by atoms with E-state index in [4.69, 9.17) is 9.47 Å². The predicted molar refractivity (Wildman–Crippen MR) is 199 cm³/mol. The molecular weight excluding hydrogens is 664 g/mol. The number of ether oxygens (including phenoxy) is 2. The standard InChI is InChI=1S/C40H54N4O8/c1-39(2,3)33(43-37(49)51-7)35(47)41-29(22-25-12-10-9-11-13-25)24-32(46)31(42-36(48)34(40(4,5)6)44-38(50)52-8)23-26-14-16-27(17-15-26)28-18-20-30(45)21-19-28/h9-21,29,31-34,45-46H,22-24H2,1-8H3,(H,41,47)(H,42,48)(H,43,49)(H,44,50)/t29-,31-,32-,33+,34+/m0/s1. The van der Waals surface area contributed by atoms with Crippen molar-refractivity contribution in [3.8, 4) is 16.9 Å². The van der Waals surface area contributed by atoms with Crippen LogP contribution in [0.25, 0.3) is 11.1 Å². The van der Waals surface area contributed by atoms with Crippen LogP contribution in [0, 0.1) is 10.8 Å². The van der Waals surface area contributed by atoms with Crippen molar-refractivity contribution >= 4 is 24.0 Å². The summed E-state index contributed by atoms with van der Waals surface area (Å²) >= 11 is 0. The summed E-state index contributed by atoms with van der Waals surface area (Å²) in [7, 11) is 2.44. The van der Waals surface area contributed by atoms with Gasteiger partial charge in [0, 0.05) is 6.04 Å². The largest absolute Gasteiger partial charge is 0.508 e. The Labute approximate surface area is 306 Å². The third-order valence-electron chi connectivity index (χ3n) is 8.75. The van der Waals surface area contributed by atoms with Crippen LogP contribution in [-0.2, 0) is 31.9 Å². The van der Waals surface area contributed by atoms with Crippen LogP contribution in [0.2, 0.25) is 0 Å². The number of phenolic OH excluding ortho intramolecular Hbond substituents is 1. The normalized spacial score (nSPS) is 14.5. The molecule has 3 aromatic rings. The summed E-state index contributed by atoms with van der Waals surface area (Å²) < 4.78 is 9.55. The van der Waals surface area contributed by atoms with E-state index >= 15 is 0 Å². The van der Waals surface area contributed by atoms with Crippen LogP contribution in [0.4, 0.5) is 9.59 Å². The van der Waals surface area contributed by atoms with Gasteiger partial charge in [-0.3, -0.25) is 9.59 Å². The van der Waals surface area contributed by atoms with Gasteiger partial charge in [0.15, 0.2) is 0 Å². The second-order valence-corrected chi connectivity index (χ2v) is 15.1. The van der Waals surface area contributed by atoms with Crippen LogP contribution in [0.5, 0.6) is 5.75 Å². The molecule has 0 fully saturated rings. The maximum Gasteiger partial charge on any atom is 0.407 e. The lowest BCUT2D eigenvalue weighted by atomic mass is 9.85. The van der Waals surface area contributed by atoms with Crippen molar-refractivity contribution in [2.24, 2.45) is 10.8 Å². The number of hydrogen-bond donors (Lipinski definition) is 6. The highest BCUT2D eigenvalue weighted by atomic mass is 16.5. The highest BCUT2D eigenvalue weighted by molar-refractivity contribution is 5.87. The fraction of sp³-hybridized carbons (Fsp3) is 0.450. The number of nitrogens with one attached hydrogen (secondary N) is 4. The lowest BCUT2D eigenvalue weighted by Gasteiger charge is -2.34. The van der Waals surface area contributed by atoms with E-state index in [2.05, 4.69) is 21.3 Å². The van der Waals surface area contributed by atoms with Crippen molar-refractivity contribution in [1.29, 1.82) is 0 Å². The van der Waals surface area contributed by atoms with Crippen LogP contribution in [0.15, 0.2) is 78.9 Å². The Balaban J connectivity index is 1.96. The van der Waals surface area contributed by atoms with Gasteiger partial charge in [-0.1, -0.05) is 108 Å². The average Bonchev–Trinajstić information content (AvgIpc) is 3.08. The van der Waals surface area contributed by atoms with E-state index in [9.17, 15) is 29.4 Å². The third-order valence-corrected chi connectivity index (χ3v) is 8.75. The van der Waals surface area contributed by atoms with Gasteiger partial charge in [-0.05, 0) is 64.5 Å².